The van der Waals surface area contributed by atoms with E-state index in [1.54, 1.807) is 6.92 Å². The van der Waals surface area contributed by atoms with Crippen molar-refractivity contribution in [2.45, 2.75) is 60.3 Å². The molecule has 0 saturated heterocycles. The molecule has 2 atom stereocenters. The van der Waals surface area contributed by atoms with Crippen LogP contribution in [0.15, 0.2) is 23.5 Å². The number of carboxylic acid groups (broad SMARTS) is 2. The molecule has 2 N–H and O–H groups in total. The van der Waals surface area contributed by atoms with Crippen LogP contribution in [0.2, 0.25) is 0 Å². The number of carbonyl (C=O) groups is 3. The Kier molecular flexibility index (Phi) is 8.06. The van der Waals surface area contributed by atoms with Crippen LogP contribution < -0.4 is 0 Å². The molecule has 0 radical (unpaired) electrons. The summed E-state index contributed by atoms with van der Waals surface area (Å²) in [5.74, 6) is -2.46. The quantitative estimate of drug-likeness (QED) is 0.526. The van der Waals surface area contributed by atoms with Gasteiger partial charge in [0.05, 0.1) is 17.8 Å². The van der Waals surface area contributed by atoms with Gasteiger partial charge in [-0.25, -0.2) is 14.4 Å². The van der Waals surface area contributed by atoms with Gasteiger partial charge in [-0.05, 0) is 31.6 Å². The summed E-state index contributed by atoms with van der Waals surface area (Å²) < 4.78 is 4.97. The SMILES string of the molecule is CCOC(=O)N(C=C(C)C(=O)O)C=C(C(=O)O)C1C(C)CCCCC1(C)C. The van der Waals surface area contributed by atoms with Crippen molar-refractivity contribution in [1.29, 1.82) is 0 Å². The van der Waals surface area contributed by atoms with E-state index in [9.17, 15) is 19.5 Å². The van der Waals surface area contributed by atoms with Crippen molar-refractivity contribution in [3.63, 3.8) is 0 Å². The lowest BCUT2D eigenvalue weighted by atomic mass is 9.67. The minimum atomic E-state index is -1.20. The zero-order valence-corrected chi connectivity index (χ0v) is 16.8. The van der Waals surface area contributed by atoms with E-state index in [1.807, 2.05) is 20.8 Å². The van der Waals surface area contributed by atoms with Gasteiger partial charge in [0.1, 0.15) is 0 Å². The Morgan fingerprint density at radius 2 is 1.78 bits per heavy atom. The summed E-state index contributed by atoms with van der Waals surface area (Å²) in [4.78, 5) is 36.5. The summed E-state index contributed by atoms with van der Waals surface area (Å²) in [6.07, 6.45) is 5.36. The van der Waals surface area contributed by atoms with Crippen LogP contribution in [-0.2, 0) is 14.3 Å². The molecule has 1 aliphatic carbocycles. The van der Waals surface area contributed by atoms with E-state index in [1.165, 1.54) is 13.1 Å². The van der Waals surface area contributed by atoms with Gasteiger partial charge in [0.15, 0.2) is 0 Å². The highest BCUT2D eigenvalue weighted by Crippen LogP contribution is 2.46. The molecule has 7 nitrogen and oxygen atoms in total. The maximum atomic E-state index is 12.3. The first-order valence-corrected chi connectivity index (χ1v) is 9.33. The molecule has 0 aliphatic heterocycles. The molecule has 152 valence electrons. The third kappa shape index (κ3) is 6.12. The van der Waals surface area contributed by atoms with Crippen LogP contribution in [0.4, 0.5) is 4.79 Å². The lowest BCUT2D eigenvalue weighted by molar-refractivity contribution is -0.134. The number of carboxylic acids is 2. The van der Waals surface area contributed by atoms with Crippen molar-refractivity contribution >= 4 is 18.0 Å². The Morgan fingerprint density at radius 1 is 1.15 bits per heavy atom. The van der Waals surface area contributed by atoms with Crippen molar-refractivity contribution in [2.75, 3.05) is 6.61 Å². The Hall–Kier alpha value is -2.31. The molecule has 7 heteroatoms. The summed E-state index contributed by atoms with van der Waals surface area (Å²) in [7, 11) is 0. The van der Waals surface area contributed by atoms with Crippen LogP contribution in [0.3, 0.4) is 0 Å². The zero-order valence-electron chi connectivity index (χ0n) is 16.8. The number of carbonyl (C=O) groups excluding carboxylic acids is 1. The topological polar surface area (TPSA) is 104 Å². The van der Waals surface area contributed by atoms with Crippen molar-refractivity contribution in [3.05, 3.63) is 23.5 Å². The van der Waals surface area contributed by atoms with Gasteiger partial charge in [0.25, 0.3) is 0 Å². The minimum absolute atomic E-state index is 0.0941. The zero-order chi connectivity index (χ0) is 20.8. The number of hydrogen-bond acceptors (Lipinski definition) is 4. The van der Waals surface area contributed by atoms with Gasteiger partial charge in [-0.1, -0.05) is 40.0 Å². The molecule has 1 rings (SSSR count). The summed E-state index contributed by atoms with van der Waals surface area (Å²) in [5.41, 5.74) is -0.263. The molecule has 0 spiro atoms. The second-order valence-corrected chi connectivity index (χ2v) is 7.80. The van der Waals surface area contributed by atoms with Gasteiger partial charge in [-0.2, -0.15) is 0 Å². The molecule has 0 aromatic rings. The van der Waals surface area contributed by atoms with E-state index in [4.69, 9.17) is 9.84 Å². The molecule has 27 heavy (non-hydrogen) atoms. The number of nitrogens with zero attached hydrogens (tertiary/aromatic N) is 1. The fraction of sp³-hybridized carbons (Fsp3) is 0.650. The molecule has 1 fully saturated rings. The Bertz CT molecular complexity index is 634. The first-order valence-electron chi connectivity index (χ1n) is 9.33. The van der Waals surface area contributed by atoms with Crippen molar-refractivity contribution in [2.24, 2.45) is 17.3 Å². The molecule has 0 bridgehead atoms. The maximum absolute atomic E-state index is 12.3. The van der Waals surface area contributed by atoms with Crippen molar-refractivity contribution < 1.29 is 29.3 Å². The van der Waals surface area contributed by atoms with E-state index in [0.717, 1.165) is 36.8 Å². The molecule has 1 amide bonds. The molecule has 1 saturated carbocycles. The summed E-state index contributed by atoms with van der Waals surface area (Å²) >= 11 is 0. The standard InChI is InChI=1S/C20H31NO6/c1-6-27-19(26)21(11-14(3)17(22)23)12-15(18(24)25)16-13(2)9-7-8-10-20(16,4)5/h11-13,16H,6-10H2,1-5H3,(H,22,23)(H,24,25). The highest BCUT2D eigenvalue weighted by Gasteiger charge is 2.40. The Morgan fingerprint density at radius 3 is 2.30 bits per heavy atom. The van der Waals surface area contributed by atoms with Crippen LogP contribution in [0.5, 0.6) is 0 Å². The van der Waals surface area contributed by atoms with Gasteiger partial charge >= 0.3 is 18.0 Å². The van der Waals surface area contributed by atoms with Crippen molar-refractivity contribution in [3.8, 4) is 0 Å². The third-order valence-corrected chi connectivity index (χ3v) is 5.15. The van der Waals surface area contributed by atoms with E-state index in [2.05, 4.69) is 0 Å². The largest absolute Gasteiger partial charge is 0.478 e. The highest BCUT2D eigenvalue weighted by atomic mass is 16.6. The van der Waals surface area contributed by atoms with Crippen molar-refractivity contribution in [1.82, 2.24) is 4.90 Å². The first kappa shape index (κ1) is 22.7. The Balaban J connectivity index is 3.47. The van der Waals surface area contributed by atoms with Gasteiger partial charge < -0.3 is 14.9 Å². The number of rotatable bonds is 6. The average molecular weight is 381 g/mol. The fourth-order valence-electron chi connectivity index (χ4n) is 3.89. The van der Waals surface area contributed by atoms with Crippen LogP contribution in [0, 0.1) is 17.3 Å². The van der Waals surface area contributed by atoms with E-state index < -0.39 is 18.0 Å². The van der Waals surface area contributed by atoms with Gasteiger partial charge in [-0.3, -0.25) is 4.90 Å². The van der Waals surface area contributed by atoms with Crippen LogP contribution in [0.25, 0.3) is 0 Å². The van der Waals surface area contributed by atoms with Gasteiger partial charge in [0.2, 0.25) is 0 Å². The highest BCUT2D eigenvalue weighted by molar-refractivity contribution is 5.89. The molecule has 0 aromatic carbocycles. The maximum Gasteiger partial charge on any atom is 0.417 e. The van der Waals surface area contributed by atoms with Crippen LogP contribution in [0.1, 0.15) is 60.3 Å². The smallest absolute Gasteiger partial charge is 0.417 e. The number of aliphatic carboxylic acids is 2. The Labute approximate surface area is 160 Å². The summed E-state index contributed by atoms with van der Waals surface area (Å²) in [6, 6.07) is 0. The summed E-state index contributed by atoms with van der Waals surface area (Å²) in [5, 5.41) is 19.0. The second-order valence-electron chi connectivity index (χ2n) is 7.80. The minimum Gasteiger partial charge on any atom is -0.478 e. The van der Waals surface area contributed by atoms with E-state index >= 15 is 0 Å². The molecule has 0 aromatic heterocycles. The summed E-state index contributed by atoms with van der Waals surface area (Å²) in [6.45, 7) is 9.17. The number of ether oxygens (including phenoxy) is 1. The molecular weight excluding hydrogens is 350 g/mol. The fourth-order valence-corrected chi connectivity index (χ4v) is 3.89. The monoisotopic (exact) mass is 381 g/mol. The second kappa shape index (κ2) is 9.58. The third-order valence-electron chi connectivity index (χ3n) is 5.15. The lowest BCUT2D eigenvalue weighted by Crippen LogP contribution is -2.34. The molecule has 1 aliphatic rings. The van der Waals surface area contributed by atoms with Crippen LogP contribution >= 0.6 is 0 Å². The first-order chi connectivity index (χ1) is 12.5. The predicted octanol–water partition coefficient (Wildman–Crippen LogP) is 4.25. The number of hydrogen-bond donors (Lipinski definition) is 2. The average Bonchev–Trinajstić information content (AvgIpc) is 2.69. The predicted molar refractivity (Wildman–Crippen MR) is 101 cm³/mol. The molecular formula is C20H31NO6. The van der Waals surface area contributed by atoms with Gasteiger partial charge in [-0.15, -0.1) is 0 Å². The van der Waals surface area contributed by atoms with Gasteiger partial charge in [0, 0.05) is 18.3 Å². The van der Waals surface area contributed by atoms with E-state index in [-0.39, 0.29) is 35.0 Å². The lowest BCUT2D eigenvalue weighted by Gasteiger charge is -2.37. The number of amides is 1. The molecule has 0 heterocycles. The normalized spacial score (nSPS) is 23.3. The molecule has 2 unspecified atom stereocenters. The van der Waals surface area contributed by atoms with E-state index in [0.29, 0.717) is 0 Å². The van der Waals surface area contributed by atoms with Crippen LogP contribution in [-0.4, -0.2) is 39.8 Å².